The van der Waals surface area contributed by atoms with Gasteiger partial charge in [-0.1, -0.05) is 42.9 Å². The molecule has 0 aliphatic heterocycles. The standard InChI is InChI=1S/C14H23NO/c1-4-8-12(2)11-13(3)9-6-5-7-10-14(15)16/h4-6,8,11-12H,7,9-10H2,1-3H3,(H2,15,16)/b6-5+,8-4+,13-11-/t12-/m0/s1. The van der Waals surface area contributed by atoms with Gasteiger partial charge in [0.05, 0.1) is 0 Å². The van der Waals surface area contributed by atoms with Crippen molar-refractivity contribution in [2.75, 3.05) is 0 Å². The van der Waals surface area contributed by atoms with Crippen LogP contribution in [0.15, 0.2) is 36.0 Å². The van der Waals surface area contributed by atoms with Crippen molar-refractivity contribution in [3.8, 4) is 0 Å². The molecule has 0 heterocycles. The van der Waals surface area contributed by atoms with Gasteiger partial charge in [-0.15, -0.1) is 0 Å². The molecule has 0 aromatic carbocycles. The monoisotopic (exact) mass is 221 g/mol. The van der Waals surface area contributed by atoms with E-state index in [1.165, 1.54) is 5.57 Å². The van der Waals surface area contributed by atoms with E-state index in [2.05, 4.69) is 38.2 Å². The molecule has 2 N–H and O–H groups in total. The molecule has 0 unspecified atom stereocenters. The van der Waals surface area contributed by atoms with E-state index in [0.717, 1.165) is 12.8 Å². The third-order valence-corrected chi connectivity index (χ3v) is 2.21. The van der Waals surface area contributed by atoms with Crippen molar-refractivity contribution in [3.63, 3.8) is 0 Å². The van der Waals surface area contributed by atoms with E-state index in [-0.39, 0.29) is 5.91 Å². The minimum atomic E-state index is -0.237. The van der Waals surface area contributed by atoms with Crippen molar-refractivity contribution in [1.29, 1.82) is 0 Å². The first kappa shape index (κ1) is 14.7. The summed E-state index contributed by atoms with van der Waals surface area (Å²) in [6, 6.07) is 0. The van der Waals surface area contributed by atoms with E-state index in [0.29, 0.717) is 12.3 Å². The Labute approximate surface area is 98.9 Å². The predicted molar refractivity (Wildman–Crippen MR) is 69.9 cm³/mol. The van der Waals surface area contributed by atoms with E-state index in [4.69, 9.17) is 5.73 Å². The third kappa shape index (κ3) is 9.25. The molecule has 0 rings (SSSR count). The Hall–Kier alpha value is -1.31. The van der Waals surface area contributed by atoms with Gasteiger partial charge in [-0.05, 0) is 32.6 Å². The first-order valence-electron chi connectivity index (χ1n) is 5.79. The molecule has 90 valence electrons. The van der Waals surface area contributed by atoms with Crippen molar-refractivity contribution >= 4 is 5.91 Å². The summed E-state index contributed by atoms with van der Waals surface area (Å²) in [6.45, 7) is 6.32. The SMILES string of the molecule is C/C=C/[C@H](C)/C=C(/C)C/C=C/CCC(N)=O. The van der Waals surface area contributed by atoms with Gasteiger partial charge in [-0.3, -0.25) is 4.79 Å². The van der Waals surface area contributed by atoms with Gasteiger partial charge in [0.1, 0.15) is 0 Å². The van der Waals surface area contributed by atoms with Crippen LogP contribution in [-0.2, 0) is 4.79 Å². The highest BCUT2D eigenvalue weighted by Crippen LogP contribution is 2.08. The van der Waals surface area contributed by atoms with Crippen molar-refractivity contribution in [1.82, 2.24) is 0 Å². The average molecular weight is 221 g/mol. The minimum Gasteiger partial charge on any atom is -0.370 e. The molecule has 0 saturated carbocycles. The molecule has 1 amide bonds. The summed E-state index contributed by atoms with van der Waals surface area (Å²) in [5.41, 5.74) is 6.39. The Morgan fingerprint density at radius 1 is 1.38 bits per heavy atom. The highest BCUT2D eigenvalue weighted by atomic mass is 16.1. The summed E-state index contributed by atoms with van der Waals surface area (Å²) in [5, 5.41) is 0. The summed E-state index contributed by atoms with van der Waals surface area (Å²) < 4.78 is 0. The van der Waals surface area contributed by atoms with E-state index in [1.54, 1.807) is 0 Å². The number of allylic oxidation sites excluding steroid dienone is 6. The molecule has 2 heteroatoms. The second-order valence-electron chi connectivity index (χ2n) is 4.08. The van der Waals surface area contributed by atoms with Gasteiger partial charge >= 0.3 is 0 Å². The molecule has 2 nitrogen and oxygen atoms in total. The summed E-state index contributed by atoms with van der Waals surface area (Å²) in [6.07, 6.45) is 12.7. The topological polar surface area (TPSA) is 43.1 Å². The van der Waals surface area contributed by atoms with Gasteiger partial charge in [-0.25, -0.2) is 0 Å². The zero-order chi connectivity index (χ0) is 12.4. The molecule has 0 aliphatic rings. The summed E-state index contributed by atoms with van der Waals surface area (Å²) in [4.78, 5) is 10.5. The summed E-state index contributed by atoms with van der Waals surface area (Å²) in [7, 11) is 0. The maximum absolute atomic E-state index is 10.5. The first-order valence-corrected chi connectivity index (χ1v) is 5.79. The number of amides is 1. The van der Waals surface area contributed by atoms with Crippen LogP contribution in [-0.4, -0.2) is 5.91 Å². The summed E-state index contributed by atoms with van der Waals surface area (Å²) in [5.74, 6) is 0.252. The van der Waals surface area contributed by atoms with E-state index < -0.39 is 0 Å². The highest BCUT2D eigenvalue weighted by molar-refractivity contribution is 5.73. The zero-order valence-electron chi connectivity index (χ0n) is 10.6. The van der Waals surface area contributed by atoms with Crippen LogP contribution < -0.4 is 5.73 Å². The average Bonchev–Trinajstić information content (AvgIpc) is 2.16. The number of carbonyl (C=O) groups excluding carboxylic acids is 1. The van der Waals surface area contributed by atoms with Crippen LogP contribution in [0.5, 0.6) is 0 Å². The Morgan fingerprint density at radius 3 is 2.62 bits per heavy atom. The number of nitrogens with two attached hydrogens (primary N) is 1. The van der Waals surface area contributed by atoms with Crippen molar-refractivity contribution < 1.29 is 4.79 Å². The molecule has 0 bridgehead atoms. The van der Waals surface area contributed by atoms with Crippen molar-refractivity contribution in [2.45, 2.75) is 40.0 Å². The number of hydrogen-bond donors (Lipinski definition) is 1. The smallest absolute Gasteiger partial charge is 0.217 e. The van der Waals surface area contributed by atoms with Crippen LogP contribution in [0.4, 0.5) is 0 Å². The van der Waals surface area contributed by atoms with Gasteiger partial charge in [0.2, 0.25) is 5.91 Å². The molecule has 16 heavy (non-hydrogen) atoms. The van der Waals surface area contributed by atoms with E-state index >= 15 is 0 Å². The van der Waals surface area contributed by atoms with Crippen molar-refractivity contribution in [3.05, 3.63) is 36.0 Å². The fourth-order valence-electron chi connectivity index (χ4n) is 1.49. The van der Waals surface area contributed by atoms with Crippen LogP contribution in [0, 0.1) is 5.92 Å². The first-order chi connectivity index (χ1) is 7.56. The fourth-order valence-corrected chi connectivity index (χ4v) is 1.49. The molecular formula is C14H23NO. The van der Waals surface area contributed by atoms with Crippen molar-refractivity contribution in [2.24, 2.45) is 11.7 Å². The zero-order valence-corrected chi connectivity index (χ0v) is 10.6. The van der Waals surface area contributed by atoms with E-state index in [1.807, 2.05) is 13.0 Å². The fraction of sp³-hybridized carbons (Fsp3) is 0.500. The molecular weight excluding hydrogens is 198 g/mol. The van der Waals surface area contributed by atoms with Gasteiger partial charge < -0.3 is 5.73 Å². The Kier molecular flexibility index (Phi) is 8.22. The Balaban J connectivity index is 3.87. The maximum atomic E-state index is 10.5. The number of primary amides is 1. The maximum Gasteiger partial charge on any atom is 0.217 e. The molecule has 1 atom stereocenters. The third-order valence-electron chi connectivity index (χ3n) is 2.21. The Morgan fingerprint density at radius 2 is 2.06 bits per heavy atom. The van der Waals surface area contributed by atoms with Crippen LogP contribution in [0.1, 0.15) is 40.0 Å². The molecule has 0 saturated heterocycles. The second kappa shape index (κ2) is 8.96. The minimum absolute atomic E-state index is 0.237. The van der Waals surface area contributed by atoms with Crippen LogP contribution >= 0.6 is 0 Å². The number of hydrogen-bond acceptors (Lipinski definition) is 1. The molecule has 0 spiro atoms. The number of rotatable bonds is 7. The lowest BCUT2D eigenvalue weighted by Gasteiger charge is -2.01. The van der Waals surface area contributed by atoms with Crippen LogP contribution in [0.3, 0.4) is 0 Å². The summed E-state index contributed by atoms with van der Waals surface area (Å²) >= 11 is 0. The quantitative estimate of drug-likeness (QED) is 0.658. The van der Waals surface area contributed by atoms with Gasteiger partial charge in [0, 0.05) is 6.42 Å². The lowest BCUT2D eigenvalue weighted by atomic mass is 10.1. The molecule has 0 fully saturated rings. The lowest BCUT2D eigenvalue weighted by molar-refractivity contribution is -0.117. The largest absolute Gasteiger partial charge is 0.370 e. The Bertz CT molecular complexity index is 287. The molecule has 0 aromatic rings. The van der Waals surface area contributed by atoms with Gasteiger partial charge in [0.25, 0.3) is 0 Å². The van der Waals surface area contributed by atoms with Gasteiger partial charge in [-0.2, -0.15) is 0 Å². The normalized spacial score (nSPS) is 14.8. The highest BCUT2D eigenvalue weighted by Gasteiger charge is 1.93. The predicted octanol–water partition coefficient (Wildman–Crippen LogP) is 3.36. The van der Waals surface area contributed by atoms with Crippen LogP contribution in [0.2, 0.25) is 0 Å². The van der Waals surface area contributed by atoms with Crippen LogP contribution in [0.25, 0.3) is 0 Å². The lowest BCUT2D eigenvalue weighted by Crippen LogP contribution is -2.08. The molecule has 0 radical (unpaired) electrons. The number of carbonyl (C=O) groups is 1. The molecule has 0 aromatic heterocycles. The molecule has 0 aliphatic carbocycles. The van der Waals surface area contributed by atoms with Gasteiger partial charge in [0.15, 0.2) is 0 Å². The second-order valence-corrected chi connectivity index (χ2v) is 4.08. The van der Waals surface area contributed by atoms with E-state index in [9.17, 15) is 4.79 Å².